The quantitative estimate of drug-likeness (QED) is 0.307. The highest BCUT2D eigenvalue weighted by molar-refractivity contribution is 6.46. The summed E-state index contributed by atoms with van der Waals surface area (Å²) >= 11 is 0. The van der Waals surface area contributed by atoms with Crippen LogP contribution in [0.15, 0.2) is 0 Å². The van der Waals surface area contributed by atoms with Crippen LogP contribution in [0.1, 0.15) is 6.42 Å². The molecule has 0 aliphatic rings. The standard InChI is InChI=1S/C6H22O5Si4/c1-12-9-14-11-15-10-13-6-2-4-8-5-3-7/h7H,2-6,12-15H2,1H3. The molecule has 0 atom stereocenters. The van der Waals surface area contributed by atoms with Crippen LogP contribution in [0.2, 0.25) is 12.6 Å². The van der Waals surface area contributed by atoms with Crippen LogP contribution >= 0.6 is 0 Å². The van der Waals surface area contributed by atoms with Crippen molar-refractivity contribution in [1.29, 1.82) is 0 Å². The molecule has 0 rings (SSSR count). The highest BCUT2D eigenvalue weighted by Crippen LogP contribution is 1.90. The average Bonchev–Trinajstić information content (AvgIpc) is 2.26. The van der Waals surface area contributed by atoms with Crippen LogP contribution in [-0.2, 0) is 17.1 Å². The zero-order chi connectivity index (χ0) is 11.2. The van der Waals surface area contributed by atoms with Gasteiger partial charge < -0.3 is 22.2 Å². The predicted molar refractivity (Wildman–Crippen MR) is 70.6 cm³/mol. The van der Waals surface area contributed by atoms with Crippen LogP contribution in [-0.4, -0.2) is 64.5 Å². The van der Waals surface area contributed by atoms with E-state index in [-0.39, 0.29) is 26.1 Å². The topological polar surface area (TPSA) is 57.2 Å². The second-order valence-corrected chi connectivity index (χ2v) is 9.95. The molecule has 1 N–H and O–H groups in total. The van der Waals surface area contributed by atoms with Crippen LogP contribution in [0.3, 0.4) is 0 Å². The zero-order valence-electron chi connectivity index (χ0n) is 9.44. The largest absolute Gasteiger partial charge is 0.447 e. The van der Waals surface area contributed by atoms with Crippen LogP contribution in [0.5, 0.6) is 0 Å². The number of hydrogen-bond acceptors (Lipinski definition) is 5. The van der Waals surface area contributed by atoms with Gasteiger partial charge >= 0.3 is 0 Å². The lowest BCUT2D eigenvalue weighted by Crippen LogP contribution is -2.14. The first-order valence-corrected chi connectivity index (χ1v) is 11.2. The van der Waals surface area contributed by atoms with E-state index in [0.29, 0.717) is 6.61 Å². The monoisotopic (exact) mass is 286 g/mol. The van der Waals surface area contributed by atoms with Gasteiger partial charge in [-0.3, -0.25) is 0 Å². The molecule has 0 radical (unpaired) electrons. The first-order valence-electron chi connectivity index (χ1n) is 5.33. The van der Waals surface area contributed by atoms with Crippen molar-refractivity contribution in [3.05, 3.63) is 0 Å². The van der Waals surface area contributed by atoms with E-state index in [1.54, 1.807) is 0 Å². The Labute approximate surface area is 101 Å². The first kappa shape index (κ1) is 15.7. The van der Waals surface area contributed by atoms with Gasteiger partial charge in [-0.25, -0.2) is 0 Å². The van der Waals surface area contributed by atoms with E-state index in [1.807, 2.05) is 0 Å². The Hall–Kier alpha value is 0.668. The van der Waals surface area contributed by atoms with E-state index in [1.165, 1.54) is 0 Å². The van der Waals surface area contributed by atoms with Crippen molar-refractivity contribution in [3.63, 3.8) is 0 Å². The maximum absolute atomic E-state index is 8.45. The van der Waals surface area contributed by atoms with Gasteiger partial charge in [-0.05, 0) is 12.5 Å². The summed E-state index contributed by atoms with van der Waals surface area (Å²) in [5.74, 6) is 0. The Morgan fingerprint density at radius 2 is 1.87 bits per heavy atom. The minimum atomic E-state index is -0.713. The Balaban J connectivity index is 2.81. The molecule has 0 spiro atoms. The van der Waals surface area contributed by atoms with Gasteiger partial charge in [0.2, 0.25) is 0 Å². The van der Waals surface area contributed by atoms with Gasteiger partial charge in [0.25, 0.3) is 20.0 Å². The maximum Gasteiger partial charge on any atom is 0.284 e. The molecule has 0 aromatic heterocycles. The molecule has 92 valence electrons. The number of hydrogen-bond donors (Lipinski definition) is 1. The molecule has 0 amide bonds. The lowest BCUT2D eigenvalue weighted by atomic mass is 10.5. The Morgan fingerprint density at radius 3 is 2.60 bits per heavy atom. The van der Waals surface area contributed by atoms with E-state index >= 15 is 0 Å². The molecule has 0 aliphatic heterocycles. The van der Waals surface area contributed by atoms with E-state index in [2.05, 4.69) is 6.55 Å². The van der Waals surface area contributed by atoms with E-state index in [0.717, 1.165) is 19.1 Å². The van der Waals surface area contributed by atoms with Crippen LogP contribution < -0.4 is 0 Å². The summed E-state index contributed by atoms with van der Waals surface area (Å²) in [5, 5.41) is 8.45. The summed E-state index contributed by atoms with van der Waals surface area (Å²) in [6.45, 7) is 3.41. The Bertz CT molecular complexity index is 108. The van der Waals surface area contributed by atoms with Gasteiger partial charge in [-0.1, -0.05) is 6.55 Å². The fourth-order valence-corrected chi connectivity index (χ4v) is 6.57. The van der Waals surface area contributed by atoms with Crippen LogP contribution in [0.25, 0.3) is 0 Å². The van der Waals surface area contributed by atoms with Crippen molar-refractivity contribution >= 4 is 39.5 Å². The second kappa shape index (κ2) is 14.7. The summed E-state index contributed by atoms with van der Waals surface area (Å²) in [6.07, 6.45) is 1.04. The molecule has 0 bridgehead atoms. The zero-order valence-corrected chi connectivity index (χ0v) is 15.1. The van der Waals surface area contributed by atoms with Gasteiger partial charge in [0.1, 0.15) is 19.5 Å². The smallest absolute Gasteiger partial charge is 0.284 e. The van der Waals surface area contributed by atoms with Crippen molar-refractivity contribution in [2.75, 3.05) is 19.8 Å². The van der Waals surface area contributed by atoms with Gasteiger partial charge in [0.05, 0.1) is 13.2 Å². The van der Waals surface area contributed by atoms with Crippen molar-refractivity contribution in [2.24, 2.45) is 0 Å². The minimum absolute atomic E-state index is 0.111. The van der Waals surface area contributed by atoms with Crippen molar-refractivity contribution < 1.29 is 22.2 Å². The number of aliphatic hydroxyl groups is 1. The number of rotatable bonds is 12. The molecular formula is C6H22O5Si4. The molecule has 15 heavy (non-hydrogen) atoms. The summed E-state index contributed by atoms with van der Waals surface area (Å²) in [6, 6.07) is 1.13. The second-order valence-electron chi connectivity index (χ2n) is 2.88. The van der Waals surface area contributed by atoms with E-state index in [9.17, 15) is 0 Å². The molecule has 9 heteroatoms. The number of aliphatic hydroxyl groups excluding tert-OH is 1. The Morgan fingerprint density at radius 1 is 1.07 bits per heavy atom. The summed E-state index contributed by atoms with van der Waals surface area (Å²) in [5.41, 5.74) is 0. The van der Waals surface area contributed by atoms with Crippen molar-refractivity contribution in [1.82, 2.24) is 0 Å². The van der Waals surface area contributed by atoms with Crippen LogP contribution in [0, 0.1) is 0 Å². The lowest BCUT2D eigenvalue weighted by Gasteiger charge is -2.05. The molecular weight excluding hydrogens is 264 g/mol. The minimum Gasteiger partial charge on any atom is -0.447 e. The van der Waals surface area contributed by atoms with Crippen LogP contribution in [0.4, 0.5) is 0 Å². The summed E-state index contributed by atoms with van der Waals surface area (Å²) in [4.78, 5) is 0. The lowest BCUT2D eigenvalue weighted by molar-refractivity contribution is 0.0926. The summed E-state index contributed by atoms with van der Waals surface area (Å²) < 4.78 is 21.3. The van der Waals surface area contributed by atoms with E-state index < -0.39 is 20.0 Å². The fourth-order valence-electron chi connectivity index (χ4n) is 0.869. The fraction of sp³-hybridized carbons (Fsp3) is 1.00. The van der Waals surface area contributed by atoms with Gasteiger partial charge in [-0.2, -0.15) is 0 Å². The molecule has 0 aromatic carbocycles. The molecule has 0 fully saturated rings. The molecule has 0 heterocycles. The first-order chi connectivity index (χ1) is 7.41. The normalized spacial score (nSPS) is 14.0. The molecule has 0 aliphatic carbocycles. The van der Waals surface area contributed by atoms with Gasteiger partial charge in [0, 0.05) is 6.61 Å². The Kier molecular flexibility index (Phi) is 15.3. The molecule has 0 aromatic rings. The van der Waals surface area contributed by atoms with Gasteiger partial charge in [0.15, 0.2) is 0 Å². The molecule has 5 nitrogen and oxygen atoms in total. The third-order valence-electron chi connectivity index (χ3n) is 1.60. The summed E-state index contributed by atoms with van der Waals surface area (Å²) in [7, 11) is -2.03. The van der Waals surface area contributed by atoms with Crippen molar-refractivity contribution in [2.45, 2.75) is 19.0 Å². The van der Waals surface area contributed by atoms with Crippen molar-refractivity contribution in [3.8, 4) is 0 Å². The molecule has 0 saturated carbocycles. The van der Waals surface area contributed by atoms with E-state index in [4.69, 9.17) is 22.2 Å². The average molecular weight is 287 g/mol. The number of ether oxygens (including phenoxy) is 1. The highest BCUT2D eigenvalue weighted by atomic mass is 28.4. The van der Waals surface area contributed by atoms with Gasteiger partial charge in [-0.15, -0.1) is 0 Å². The third-order valence-corrected chi connectivity index (χ3v) is 7.84. The molecule has 0 unspecified atom stereocenters. The predicted octanol–water partition coefficient (Wildman–Crippen LogP) is -2.93. The SMILES string of the molecule is C[SiH2]O[SiH2]O[SiH2]O[SiH2]CCCOCCO. The maximum atomic E-state index is 8.45. The molecule has 0 saturated heterocycles. The third kappa shape index (κ3) is 14.7. The highest BCUT2D eigenvalue weighted by Gasteiger charge is 1.93.